The van der Waals surface area contributed by atoms with Gasteiger partial charge in [-0.3, -0.25) is 4.79 Å². The lowest BCUT2D eigenvalue weighted by Gasteiger charge is -2.26. The number of hydrogen-bond acceptors (Lipinski definition) is 2. The second-order valence-corrected chi connectivity index (χ2v) is 6.52. The molecule has 2 bridgehead atoms. The van der Waals surface area contributed by atoms with Gasteiger partial charge >= 0.3 is 0 Å². The number of likely N-dealkylation sites (N-methyl/N-ethyl adjacent to an activating group) is 1. The van der Waals surface area contributed by atoms with Crippen LogP contribution in [0.1, 0.15) is 24.4 Å². The molecule has 2 aliphatic rings. The van der Waals surface area contributed by atoms with Gasteiger partial charge in [-0.05, 0) is 44.3 Å². The van der Waals surface area contributed by atoms with E-state index in [4.69, 9.17) is 0 Å². The molecule has 1 aromatic rings. The number of nitrogens with zero attached hydrogens (tertiary/aromatic N) is 1. The first-order valence-electron chi connectivity index (χ1n) is 7.82. The second kappa shape index (κ2) is 6.02. The molecule has 0 heterocycles. The number of allylic oxidation sites excluding steroid dienone is 2. The first-order valence-corrected chi connectivity index (χ1v) is 7.82. The van der Waals surface area contributed by atoms with E-state index in [0.29, 0.717) is 18.4 Å². The zero-order valence-electron chi connectivity index (χ0n) is 12.8. The van der Waals surface area contributed by atoms with Crippen molar-refractivity contribution >= 4 is 5.91 Å². The van der Waals surface area contributed by atoms with Gasteiger partial charge in [0.25, 0.3) is 0 Å². The molecule has 2 aliphatic carbocycles. The predicted molar refractivity (Wildman–Crippen MR) is 84.7 cm³/mol. The van der Waals surface area contributed by atoms with Crippen molar-refractivity contribution in [3.8, 4) is 0 Å². The van der Waals surface area contributed by atoms with E-state index in [1.54, 1.807) is 0 Å². The van der Waals surface area contributed by atoms with E-state index in [1.807, 2.05) is 18.2 Å². The summed E-state index contributed by atoms with van der Waals surface area (Å²) in [5, 5.41) is 3.17. The zero-order chi connectivity index (χ0) is 14.8. The third kappa shape index (κ3) is 3.03. The van der Waals surface area contributed by atoms with E-state index in [2.05, 4.69) is 48.6 Å². The number of fused-ring (bicyclic) bond motifs is 2. The third-order valence-corrected chi connectivity index (χ3v) is 4.89. The van der Waals surface area contributed by atoms with Crippen LogP contribution in [0.4, 0.5) is 0 Å². The Morgan fingerprint density at radius 1 is 1.24 bits per heavy atom. The van der Waals surface area contributed by atoms with Crippen molar-refractivity contribution < 1.29 is 4.79 Å². The van der Waals surface area contributed by atoms with E-state index in [9.17, 15) is 4.79 Å². The van der Waals surface area contributed by atoms with Crippen LogP contribution in [0.2, 0.25) is 0 Å². The van der Waals surface area contributed by atoms with Crippen molar-refractivity contribution in [2.75, 3.05) is 20.6 Å². The van der Waals surface area contributed by atoms with Gasteiger partial charge in [0.05, 0.1) is 6.04 Å². The predicted octanol–water partition coefficient (Wildman–Crippen LogP) is 2.62. The van der Waals surface area contributed by atoms with Crippen molar-refractivity contribution in [3.05, 3.63) is 48.0 Å². The molecular formula is C18H24N2O. The topological polar surface area (TPSA) is 32.3 Å². The van der Waals surface area contributed by atoms with Crippen LogP contribution < -0.4 is 5.32 Å². The van der Waals surface area contributed by atoms with Crippen LogP contribution in [0.3, 0.4) is 0 Å². The summed E-state index contributed by atoms with van der Waals surface area (Å²) >= 11 is 0. The number of amides is 1. The monoisotopic (exact) mass is 284 g/mol. The summed E-state index contributed by atoms with van der Waals surface area (Å²) in [5.41, 5.74) is 1.25. The number of rotatable bonds is 5. The van der Waals surface area contributed by atoms with Crippen LogP contribution in [0.25, 0.3) is 0 Å². The number of hydrogen-bond donors (Lipinski definition) is 1. The van der Waals surface area contributed by atoms with Crippen molar-refractivity contribution in [2.45, 2.75) is 18.9 Å². The molecule has 0 saturated heterocycles. The smallest absolute Gasteiger partial charge is 0.223 e. The number of benzene rings is 1. The molecule has 0 radical (unpaired) electrons. The maximum atomic E-state index is 12.4. The van der Waals surface area contributed by atoms with Gasteiger partial charge in [-0.15, -0.1) is 0 Å². The molecule has 3 heteroatoms. The first kappa shape index (κ1) is 14.3. The number of nitrogens with one attached hydrogen (secondary N) is 1. The standard InChI is InChI=1S/C18H24N2O/c1-20(2)17(14-6-4-3-5-7-14)12-19-18(21)16-11-13-8-9-15(16)10-13/h3-9,13,15-17H,10-12H2,1-2H3,(H,19,21)/t13-,15-,16-,17+/m0/s1. The van der Waals surface area contributed by atoms with Crippen LogP contribution in [-0.2, 0) is 4.79 Å². The summed E-state index contributed by atoms with van der Waals surface area (Å²) in [6.07, 6.45) is 6.72. The molecule has 1 saturated carbocycles. The Balaban J connectivity index is 1.60. The van der Waals surface area contributed by atoms with Gasteiger partial charge in [-0.1, -0.05) is 42.5 Å². The van der Waals surface area contributed by atoms with Crippen molar-refractivity contribution in [3.63, 3.8) is 0 Å². The Morgan fingerprint density at radius 3 is 2.57 bits per heavy atom. The van der Waals surface area contributed by atoms with Gasteiger partial charge in [0.2, 0.25) is 5.91 Å². The molecule has 3 nitrogen and oxygen atoms in total. The molecule has 3 rings (SSSR count). The lowest BCUT2D eigenvalue weighted by atomic mass is 9.92. The average Bonchev–Trinajstić information content (AvgIpc) is 3.11. The lowest BCUT2D eigenvalue weighted by Crippen LogP contribution is -2.38. The van der Waals surface area contributed by atoms with Crippen molar-refractivity contribution in [1.29, 1.82) is 0 Å². The quantitative estimate of drug-likeness (QED) is 0.843. The van der Waals surface area contributed by atoms with Gasteiger partial charge in [0.15, 0.2) is 0 Å². The van der Waals surface area contributed by atoms with E-state index in [1.165, 1.54) is 12.0 Å². The summed E-state index contributed by atoms with van der Waals surface area (Å²) < 4.78 is 0. The Hall–Kier alpha value is -1.61. The van der Waals surface area contributed by atoms with Crippen LogP contribution in [0.15, 0.2) is 42.5 Å². The normalized spacial score (nSPS) is 28.0. The molecule has 0 unspecified atom stereocenters. The van der Waals surface area contributed by atoms with Gasteiger partial charge in [0, 0.05) is 12.5 Å². The molecule has 0 aromatic heterocycles. The van der Waals surface area contributed by atoms with E-state index in [-0.39, 0.29) is 17.9 Å². The third-order valence-electron chi connectivity index (χ3n) is 4.89. The Kier molecular flexibility index (Phi) is 4.11. The van der Waals surface area contributed by atoms with Crippen LogP contribution in [0.5, 0.6) is 0 Å². The molecule has 1 amide bonds. The van der Waals surface area contributed by atoms with Crippen LogP contribution in [0, 0.1) is 17.8 Å². The summed E-state index contributed by atoms with van der Waals surface area (Å²) in [6.45, 7) is 0.674. The fraction of sp³-hybridized carbons (Fsp3) is 0.500. The molecule has 1 fully saturated rings. The lowest BCUT2D eigenvalue weighted by molar-refractivity contribution is -0.125. The molecule has 1 N–H and O–H groups in total. The van der Waals surface area contributed by atoms with Gasteiger partial charge in [-0.2, -0.15) is 0 Å². The highest BCUT2D eigenvalue weighted by Gasteiger charge is 2.39. The zero-order valence-corrected chi connectivity index (χ0v) is 12.8. The van der Waals surface area contributed by atoms with E-state index in [0.717, 1.165) is 6.42 Å². The molecule has 21 heavy (non-hydrogen) atoms. The van der Waals surface area contributed by atoms with Gasteiger partial charge in [0.1, 0.15) is 0 Å². The van der Waals surface area contributed by atoms with Gasteiger partial charge < -0.3 is 10.2 Å². The first-order chi connectivity index (χ1) is 10.1. The van der Waals surface area contributed by atoms with Gasteiger partial charge in [-0.25, -0.2) is 0 Å². The molecule has 0 aliphatic heterocycles. The molecule has 4 atom stereocenters. The van der Waals surface area contributed by atoms with E-state index >= 15 is 0 Å². The fourth-order valence-corrected chi connectivity index (χ4v) is 3.68. The van der Waals surface area contributed by atoms with Crippen molar-refractivity contribution in [2.24, 2.45) is 17.8 Å². The van der Waals surface area contributed by atoms with Crippen LogP contribution >= 0.6 is 0 Å². The maximum Gasteiger partial charge on any atom is 0.223 e. The Morgan fingerprint density at radius 2 is 2.00 bits per heavy atom. The summed E-state index contributed by atoms with van der Waals surface area (Å²) in [7, 11) is 4.12. The summed E-state index contributed by atoms with van der Waals surface area (Å²) in [5.74, 6) is 1.54. The molecule has 1 aromatic carbocycles. The van der Waals surface area contributed by atoms with Crippen LogP contribution in [-0.4, -0.2) is 31.4 Å². The highest BCUT2D eigenvalue weighted by molar-refractivity contribution is 5.80. The second-order valence-electron chi connectivity index (χ2n) is 6.52. The molecular weight excluding hydrogens is 260 g/mol. The Bertz CT molecular complexity index is 523. The minimum Gasteiger partial charge on any atom is -0.354 e. The number of carbonyl (C=O) groups excluding carboxylic acids is 1. The molecule has 0 spiro atoms. The Labute approximate surface area is 127 Å². The van der Waals surface area contributed by atoms with E-state index < -0.39 is 0 Å². The maximum absolute atomic E-state index is 12.4. The summed E-state index contributed by atoms with van der Waals surface area (Å²) in [4.78, 5) is 14.6. The number of carbonyl (C=O) groups is 1. The minimum absolute atomic E-state index is 0.193. The highest BCUT2D eigenvalue weighted by Crippen LogP contribution is 2.43. The summed E-state index contributed by atoms with van der Waals surface area (Å²) in [6, 6.07) is 10.6. The highest BCUT2D eigenvalue weighted by atomic mass is 16.1. The average molecular weight is 284 g/mol. The van der Waals surface area contributed by atoms with Crippen molar-refractivity contribution in [1.82, 2.24) is 10.2 Å². The largest absolute Gasteiger partial charge is 0.354 e. The molecule has 112 valence electrons. The fourth-order valence-electron chi connectivity index (χ4n) is 3.68. The minimum atomic E-state index is 0.193. The SMILES string of the molecule is CN(C)[C@H](CNC(=O)[C@H]1C[C@H]2C=C[C@H]1C2)c1ccccc1.